The van der Waals surface area contributed by atoms with Gasteiger partial charge in [0.2, 0.25) is 5.91 Å². The summed E-state index contributed by atoms with van der Waals surface area (Å²) in [4.78, 5) is 28.3. The Labute approximate surface area is 167 Å². The number of aromatic nitrogens is 1. The van der Waals surface area contributed by atoms with Crippen LogP contribution >= 0.6 is 11.3 Å². The molecule has 0 aliphatic rings. The Kier molecular flexibility index (Phi) is 6.39. The van der Waals surface area contributed by atoms with Gasteiger partial charge in [0, 0.05) is 10.9 Å². The highest BCUT2D eigenvalue weighted by Crippen LogP contribution is 2.26. The predicted octanol–water partition coefficient (Wildman–Crippen LogP) is 3.56. The van der Waals surface area contributed by atoms with Gasteiger partial charge in [0.1, 0.15) is 5.75 Å². The van der Waals surface area contributed by atoms with Gasteiger partial charge in [-0.2, -0.15) is 0 Å². The fraction of sp³-hybridized carbons (Fsp3) is 0.190. The van der Waals surface area contributed by atoms with Crippen LogP contribution in [-0.4, -0.2) is 29.9 Å². The summed E-state index contributed by atoms with van der Waals surface area (Å²) in [5, 5.41) is 7.61. The van der Waals surface area contributed by atoms with Gasteiger partial charge in [-0.1, -0.05) is 30.3 Å². The van der Waals surface area contributed by atoms with E-state index >= 15 is 0 Å². The maximum atomic E-state index is 12.0. The van der Waals surface area contributed by atoms with Crippen molar-refractivity contribution in [3.63, 3.8) is 0 Å². The van der Waals surface area contributed by atoms with Crippen LogP contribution in [0.4, 0.5) is 5.13 Å². The number of carbonyl (C=O) groups excluding carboxylic acids is 2. The van der Waals surface area contributed by atoms with Gasteiger partial charge < -0.3 is 15.4 Å². The molecule has 3 aromatic rings. The van der Waals surface area contributed by atoms with Crippen LogP contribution in [0.25, 0.3) is 11.3 Å². The van der Waals surface area contributed by atoms with Crippen LogP contribution in [0.15, 0.2) is 53.9 Å². The highest BCUT2D eigenvalue weighted by atomic mass is 32.1. The van der Waals surface area contributed by atoms with Crippen molar-refractivity contribution in [1.82, 2.24) is 10.3 Å². The van der Waals surface area contributed by atoms with Crippen molar-refractivity contribution >= 4 is 28.3 Å². The van der Waals surface area contributed by atoms with Crippen molar-refractivity contribution in [2.75, 3.05) is 18.5 Å². The van der Waals surface area contributed by atoms with Crippen LogP contribution in [0.5, 0.6) is 5.75 Å². The number of ether oxygens (including phenoxy) is 1. The van der Waals surface area contributed by atoms with E-state index in [1.165, 1.54) is 22.5 Å². The van der Waals surface area contributed by atoms with Crippen molar-refractivity contribution in [2.45, 2.75) is 13.8 Å². The number of hydrogen-bond acceptors (Lipinski definition) is 5. The van der Waals surface area contributed by atoms with Gasteiger partial charge in [0.05, 0.1) is 12.2 Å². The van der Waals surface area contributed by atoms with Crippen molar-refractivity contribution in [3.8, 4) is 17.0 Å². The number of hydrogen-bond donors (Lipinski definition) is 2. The minimum Gasteiger partial charge on any atom is -0.484 e. The molecule has 0 saturated heterocycles. The average molecular weight is 395 g/mol. The van der Waals surface area contributed by atoms with Crippen molar-refractivity contribution in [3.05, 3.63) is 65.0 Å². The summed E-state index contributed by atoms with van der Waals surface area (Å²) in [5.41, 5.74) is 4.23. The first-order valence-electron chi connectivity index (χ1n) is 8.79. The lowest BCUT2D eigenvalue weighted by Crippen LogP contribution is -2.35. The summed E-state index contributed by atoms with van der Waals surface area (Å²) in [6, 6.07) is 15.2. The minimum absolute atomic E-state index is 0.143. The number of amides is 2. The number of benzene rings is 2. The molecule has 2 amide bonds. The molecule has 0 atom stereocenters. The van der Waals surface area contributed by atoms with Gasteiger partial charge in [-0.05, 0) is 43.2 Å². The second kappa shape index (κ2) is 9.14. The monoisotopic (exact) mass is 395 g/mol. The number of carbonyl (C=O) groups is 2. The molecular weight excluding hydrogens is 374 g/mol. The van der Waals surface area contributed by atoms with E-state index < -0.39 is 0 Å². The Morgan fingerprint density at radius 3 is 2.57 bits per heavy atom. The fourth-order valence-electron chi connectivity index (χ4n) is 2.42. The van der Waals surface area contributed by atoms with Crippen LogP contribution < -0.4 is 15.4 Å². The number of rotatable bonds is 7. The van der Waals surface area contributed by atoms with Gasteiger partial charge in [0.25, 0.3) is 5.91 Å². The quantitative estimate of drug-likeness (QED) is 0.641. The first-order chi connectivity index (χ1) is 13.5. The molecule has 7 heteroatoms. The third-order valence-electron chi connectivity index (χ3n) is 4.11. The van der Waals surface area contributed by atoms with E-state index in [1.54, 1.807) is 12.1 Å². The van der Waals surface area contributed by atoms with Gasteiger partial charge in [-0.25, -0.2) is 4.98 Å². The van der Waals surface area contributed by atoms with E-state index in [1.807, 2.05) is 29.6 Å². The number of nitrogens with zero attached hydrogens (tertiary/aromatic N) is 1. The standard InChI is InChI=1S/C21H21N3O3S/c1-14-8-9-16(10-15(14)2)18-13-28-21(23-18)24-19(25)11-22-20(26)12-27-17-6-4-3-5-7-17/h3-10,13H,11-12H2,1-2H3,(H,22,26)(H,23,24,25). The van der Waals surface area contributed by atoms with E-state index in [-0.39, 0.29) is 25.0 Å². The molecule has 0 spiro atoms. The third-order valence-corrected chi connectivity index (χ3v) is 4.87. The Bertz CT molecular complexity index is 970. The Balaban J connectivity index is 1.46. The molecule has 0 aliphatic carbocycles. The largest absolute Gasteiger partial charge is 0.484 e. The lowest BCUT2D eigenvalue weighted by atomic mass is 10.1. The maximum absolute atomic E-state index is 12.0. The number of anilines is 1. The van der Waals surface area contributed by atoms with Gasteiger partial charge >= 0.3 is 0 Å². The number of aryl methyl sites for hydroxylation is 2. The topological polar surface area (TPSA) is 80.3 Å². The molecule has 28 heavy (non-hydrogen) atoms. The van der Waals surface area contributed by atoms with E-state index in [9.17, 15) is 9.59 Å². The van der Waals surface area contributed by atoms with Crippen LogP contribution in [0.1, 0.15) is 11.1 Å². The molecule has 0 fully saturated rings. The Morgan fingerprint density at radius 1 is 1.04 bits per heavy atom. The summed E-state index contributed by atoms with van der Waals surface area (Å²) < 4.78 is 5.33. The predicted molar refractivity (Wildman–Crippen MR) is 111 cm³/mol. The van der Waals surface area contributed by atoms with Gasteiger partial charge in [-0.15, -0.1) is 11.3 Å². The average Bonchev–Trinajstić information content (AvgIpc) is 3.16. The molecule has 0 aliphatic heterocycles. The van der Waals surface area contributed by atoms with Crippen LogP contribution in [-0.2, 0) is 9.59 Å². The summed E-state index contributed by atoms with van der Waals surface area (Å²) in [6.07, 6.45) is 0. The minimum atomic E-state index is -0.367. The van der Waals surface area contributed by atoms with Crippen LogP contribution in [0.3, 0.4) is 0 Å². The fourth-order valence-corrected chi connectivity index (χ4v) is 3.16. The highest BCUT2D eigenvalue weighted by Gasteiger charge is 2.10. The summed E-state index contributed by atoms with van der Waals surface area (Å²) in [6.45, 7) is 3.82. The lowest BCUT2D eigenvalue weighted by Gasteiger charge is -2.07. The van der Waals surface area contributed by atoms with Crippen LogP contribution in [0.2, 0.25) is 0 Å². The van der Waals surface area contributed by atoms with E-state index in [2.05, 4.69) is 41.6 Å². The second-order valence-electron chi connectivity index (χ2n) is 6.26. The smallest absolute Gasteiger partial charge is 0.258 e. The molecule has 2 N–H and O–H groups in total. The Morgan fingerprint density at radius 2 is 1.82 bits per heavy atom. The van der Waals surface area contributed by atoms with Crippen molar-refractivity contribution in [1.29, 1.82) is 0 Å². The molecule has 144 valence electrons. The van der Waals surface area contributed by atoms with E-state index in [4.69, 9.17) is 4.74 Å². The van der Waals surface area contributed by atoms with Crippen molar-refractivity contribution < 1.29 is 14.3 Å². The van der Waals surface area contributed by atoms with Gasteiger partial charge in [-0.3, -0.25) is 9.59 Å². The first kappa shape index (κ1) is 19.6. The molecule has 0 unspecified atom stereocenters. The number of para-hydroxylation sites is 1. The SMILES string of the molecule is Cc1ccc(-c2csc(NC(=O)CNC(=O)COc3ccccc3)n2)cc1C. The zero-order chi connectivity index (χ0) is 19.9. The molecule has 2 aromatic carbocycles. The summed E-state index contributed by atoms with van der Waals surface area (Å²) >= 11 is 1.34. The van der Waals surface area contributed by atoms with Gasteiger partial charge in [0.15, 0.2) is 11.7 Å². The molecule has 0 bridgehead atoms. The molecule has 1 aromatic heterocycles. The zero-order valence-electron chi connectivity index (χ0n) is 15.7. The van der Waals surface area contributed by atoms with E-state index in [0.29, 0.717) is 10.9 Å². The molecule has 0 saturated carbocycles. The number of thiazole rings is 1. The first-order valence-corrected chi connectivity index (χ1v) is 9.67. The number of nitrogens with one attached hydrogen (secondary N) is 2. The summed E-state index contributed by atoms with van der Waals surface area (Å²) in [7, 11) is 0. The summed E-state index contributed by atoms with van der Waals surface area (Å²) in [5.74, 6) is -0.105. The Hall–Kier alpha value is -3.19. The molecule has 1 heterocycles. The second-order valence-corrected chi connectivity index (χ2v) is 7.12. The molecule has 3 rings (SSSR count). The lowest BCUT2D eigenvalue weighted by molar-refractivity contribution is -0.125. The van der Waals surface area contributed by atoms with Crippen LogP contribution in [0, 0.1) is 13.8 Å². The van der Waals surface area contributed by atoms with E-state index in [0.717, 1.165) is 11.3 Å². The maximum Gasteiger partial charge on any atom is 0.258 e. The molecule has 6 nitrogen and oxygen atoms in total. The zero-order valence-corrected chi connectivity index (χ0v) is 16.5. The highest BCUT2D eigenvalue weighted by molar-refractivity contribution is 7.14. The van der Waals surface area contributed by atoms with Crippen molar-refractivity contribution in [2.24, 2.45) is 0 Å². The molecule has 0 radical (unpaired) electrons. The molecular formula is C21H21N3O3S. The normalized spacial score (nSPS) is 10.4. The third kappa shape index (κ3) is 5.40.